The fraction of sp³-hybridized carbons (Fsp3) is 0.538. The van der Waals surface area contributed by atoms with E-state index in [-0.39, 0.29) is 6.10 Å². The zero-order chi connectivity index (χ0) is 12.3. The second kappa shape index (κ2) is 5.27. The van der Waals surface area contributed by atoms with Gasteiger partial charge in [-0.3, -0.25) is 0 Å². The standard InChI is InChI=1S/C13H20N2O2/c1-15(2)10-3-4-12(14)13(9-10)17-11-5-7-16-8-6-11/h3-4,9,11H,5-8,14H2,1-2H3. The maximum atomic E-state index is 5.95. The predicted octanol–water partition coefficient (Wildman–Crippen LogP) is 1.89. The summed E-state index contributed by atoms with van der Waals surface area (Å²) >= 11 is 0. The van der Waals surface area contributed by atoms with Gasteiger partial charge in [-0.05, 0) is 12.1 Å². The molecule has 2 N–H and O–H groups in total. The lowest BCUT2D eigenvalue weighted by Gasteiger charge is -2.24. The van der Waals surface area contributed by atoms with E-state index in [1.54, 1.807) is 0 Å². The van der Waals surface area contributed by atoms with E-state index < -0.39 is 0 Å². The fourth-order valence-electron chi connectivity index (χ4n) is 1.88. The smallest absolute Gasteiger partial charge is 0.144 e. The molecule has 4 heteroatoms. The van der Waals surface area contributed by atoms with Crippen molar-refractivity contribution in [3.63, 3.8) is 0 Å². The van der Waals surface area contributed by atoms with Crippen LogP contribution in [-0.2, 0) is 4.74 Å². The summed E-state index contributed by atoms with van der Waals surface area (Å²) in [6.45, 7) is 1.55. The van der Waals surface area contributed by atoms with Crippen LogP contribution < -0.4 is 15.4 Å². The second-order valence-corrected chi connectivity index (χ2v) is 4.55. The van der Waals surface area contributed by atoms with Crippen LogP contribution in [0.4, 0.5) is 11.4 Å². The fourth-order valence-corrected chi connectivity index (χ4v) is 1.88. The van der Waals surface area contributed by atoms with Crippen molar-refractivity contribution in [1.82, 2.24) is 0 Å². The summed E-state index contributed by atoms with van der Waals surface area (Å²) < 4.78 is 11.3. The second-order valence-electron chi connectivity index (χ2n) is 4.55. The minimum absolute atomic E-state index is 0.225. The largest absolute Gasteiger partial charge is 0.488 e. The summed E-state index contributed by atoms with van der Waals surface area (Å²) in [4.78, 5) is 2.04. The minimum Gasteiger partial charge on any atom is -0.488 e. The number of nitrogen functional groups attached to an aromatic ring is 1. The summed E-state index contributed by atoms with van der Waals surface area (Å²) in [5.41, 5.74) is 7.73. The molecule has 0 aromatic heterocycles. The number of hydrogen-bond donors (Lipinski definition) is 1. The van der Waals surface area contributed by atoms with E-state index in [4.69, 9.17) is 15.2 Å². The van der Waals surface area contributed by atoms with Crippen molar-refractivity contribution in [1.29, 1.82) is 0 Å². The highest BCUT2D eigenvalue weighted by Gasteiger charge is 2.16. The molecular formula is C13H20N2O2. The number of ether oxygens (including phenoxy) is 2. The molecule has 0 saturated carbocycles. The Bertz CT molecular complexity index is 374. The quantitative estimate of drug-likeness (QED) is 0.814. The lowest BCUT2D eigenvalue weighted by atomic mass is 10.1. The Labute approximate surface area is 102 Å². The van der Waals surface area contributed by atoms with Gasteiger partial charge < -0.3 is 20.1 Å². The molecular weight excluding hydrogens is 216 g/mol. The average Bonchev–Trinajstić information content (AvgIpc) is 2.33. The van der Waals surface area contributed by atoms with Crippen LogP contribution >= 0.6 is 0 Å². The zero-order valence-electron chi connectivity index (χ0n) is 10.5. The number of nitrogens with two attached hydrogens (primary N) is 1. The van der Waals surface area contributed by atoms with Gasteiger partial charge in [0.15, 0.2) is 0 Å². The highest BCUT2D eigenvalue weighted by atomic mass is 16.5. The van der Waals surface area contributed by atoms with Crippen LogP contribution in [0.25, 0.3) is 0 Å². The van der Waals surface area contributed by atoms with Gasteiger partial charge in [-0.25, -0.2) is 0 Å². The lowest BCUT2D eigenvalue weighted by molar-refractivity contribution is 0.0259. The maximum Gasteiger partial charge on any atom is 0.144 e. The number of rotatable bonds is 3. The molecule has 0 unspecified atom stereocenters. The van der Waals surface area contributed by atoms with Gasteiger partial charge in [0.1, 0.15) is 11.9 Å². The number of benzene rings is 1. The van der Waals surface area contributed by atoms with E-state index in [0.717, 1.165) is 37.5 Å². The molecule has 1 aromatic rings. The summed E-state index contributed by atoms with van der Waals surface area (Å²) in [6, 6.07) is 5.88. The van der Waals surface area contributed by atoms with Crippen LogP contribution in [0.2, 0.25) is 0 Å². The van der Waals surface area contributed by atoms with Crippen LogP contribution in [-0.4, -0.2) is 33.4 Å². The van der Waals surface area contributed by atoms with E-state index in [0.29, 0.717) is 5.69 Å². The molecule has 0 amide bonds. The summed E-state index contributed by atoms with van der Waals surface area (Å²) in [5.74, 6) is 0.781. The third kappa shape index (κ3) is 3.03. The highest BCUT2D eigenvalue weighted by Crippen LogP contribution is 2.29. The van der Waals surface area contributed by atoms with Gasteiger partial charge in [0.05, 0.1) is 18.9 Å². The Kier molecular flexibility index (Phi) is 3.74. The van der Waals surface area contributed by atoms with Crippen LogP contribution in [0.3, 0.4) is 0 Å². The molecule has 0 atom stereocenters. The summed E-state index contributed by atoms with van der Waals surface area (Å²) in [5, 5.41) is 0. The monoisotopic (exact) mass is 236 g/mol. The van der Waals surface area contributed by atoms with Gasteiger partial charge >= 0.3 is 0 Å². The molecule has 1 aromatic carbocycles. The number of nitrogens with zero attached hydrogens (tertiary/aromatic N) is 1. The maximum absolute atomic E-state index is 5.95. The molecule has 1 heterocycles. The Hall–Kier alpha value is -1.42. The first kappa shape index (κ1) is 12.0. The molecule has 0 spiro atoms. The molecule has 0 bridgehead atoms. The first-order chi connectivity index (χ1) is 8.16. The third-order valence-corrected chi connectivity index (χ3v) is 2.98. The molecule has 1 aliphatic rings. The molecule has 1 saturated heterocycles. The Morgan fingerprint density at radius 1 is 1.29 bits per heavy atom. The van der Waals surface area contributed by atoms with E-state index in [1.165, 1.54) is 0 Å². The van der Waals surface area contributed by atoms with E-state index in [2.05, 4.69) is 0 Å². The average molecular weight is 236 g/mol. The molecule has 0 radical (unpaired) electrons. The Morgan fingerprint density at radius 2 is 2.00 bits per heavy atom. The van der Waals surface area contributed by atoms with Gasteiger partial charge in [-0.1, -0.05) is 0 Å². The topological polar surface area (TPSA) is 47.7 Å². The molecule has 1 fully saturated rings. The highest BCUT2D eigenvalue weighted by molar-refractivity contribution is 5.61. The van der Waals surface area contributed by atoms with Crippen LogP contribution in [0, 0.1) is 0 Å². The minimum atomic E-state index is 0.225. The normalized spacial score (nSPS) is 16.8. The van der Waals surface area contributed by atoms with E-state index in [1.807, 2.05) is 37.2 Å². The van der Waals surface area contributed by atoms with Crippen LogP contribution in [0.5, 0.6) is 5.75 Å². The van der Waals surface area contributed by atoms with Gasteiger partial charge in [-0.15, -0.1) is 0 Å². The van der Waals surface area contributed by atoms with Crippen molar-refractivity contribution in [3.05, 3.63) is 18.2 Å². The molecule has 0 aliphatic carbocycles. The summed E-state index contributed by atoms with van der Waals surface area (Å²) in [6.07, 6.45) is 2.10. The first-order valence-electron chi connectivity index (χ1n) is 5.98. The molecule has 2 rings (SSSR count). The van der Waals surface area contributed by atoms with Crippen LogP contribution in [0.1, 0.15) is 12.8 Å². The van der Waals surface area contributed by atoms with Crippen molar-refractivity contribution in [2.75, 3.05) is 37.9 Å². The van der Waals surface area contributed by atoms with E-state index >= 15 is 0 Å². The molecule has 1 aliphatic heterocycles. The molecule has 4 nitrogen and oxygen atoms in total. The Morgan fingerprint density at radius 3 is 2.65 bits per heavy atom. The Balaban J connectivity index is 2.10. The zero-order valence-corrected chi connectivity index (χ0v) is 10.5. The van der Waals surface area contributed by atoms with Crippen molar-refractivity contribution in [2.24, 2.45) is 0 Å². The summed E-state index contributed by atoms with van der Waals surface area (Å²) in [7, 11) is 4.01. The van der Waals surface area contributed by atoms with Gasteiger partial charge in [0.25, 0.3) is 0 Å². The predicted molar refractivity (Wildman–Crippen MR) is 69.7 cm³/mol. The van der Waals surface area contributed by atoms with Crippen molar-refractivity contribution < 1.29 is 9.47 Å². The van der Waals surface area contributed by atoms with E-state index in [9.17, 15) is 0 Å². The number of hydrogen-bond acceptors (Lipinski definition) is 4. The van der Waals surface area contributed by atoms with Crippen molar-refractivity contribution >= 4 is 11.4 Å². The SMILES string of the molecule is CN(C)c1ccc(N)c(OC2CCOCC2)c1. The third-order valence-electron chi connectivity index (χ3n) is 2.98. The van der Waals surface area contributed by atoms with Gasteiger partial charge in [0, 0.05) is 38.7 Å². The first-order valence-corrected chi connectivity index (χ1v) is 5.98. The molecule has 94 valence electrons. The van der Waals surface area contributed by atoms with Crippen LogP contribution in [0.15, 0.2) is 18.2 Å². The lowest BCUT2D eigenvalue weighted by Crippen LogP contribution is -2.26. The molecule has 17 heavy (non-hydrogen) atoms. The van der Waals surface area contributed by atoms with Crippen molar-refractivity contribution in [3.8, 4) is 5.75 Å². The van der Waals surface area contributed by atoms with Gasteiger partial charge in [0.2, 0.25) is 0 Å². The number of anilines is 2. The van der Waals surface area contributed by atoms with Crippen molar-refractivity contribution in [2.45, 2.75) is 18.9 Å². The van der Waals surface area contributed by atoms with Gasteiger partial charge in [-0.2, -0.15) is 0 Å².